The summed E-state index contributed by atoms with van der Waals surface area (Å²) in [5.41, 5.74) is 0.0803. The largest absolute Gasteiger partial charge is 2.00 e. The fourth-order valence-electron chi connectivity index (χ4n) is 8.88. The molecule has 2 unspecified atom stereocenters. The first-order valence-electron chi connectivity index (χ1n) is 30.3. The molecule has 0 heterocycles. The summed E-state index contributed by atoms with van der Waals surface area (Å²) in [6.45, 7) is 6.24. The Morgan fingerprint density at radius 2 is 0.519 bits per heavy atom. The monoisotopic (exact) mass is 1170 g/mol. The van der Waals surface area contributed by atoms with E-state index in [2.05, 4.69) is 13.8 Å². The van der Waals surface area contributed by atoms with E-state index in [0.717, 1.165) is 52.4 Å². The Morgan fingerprint density at radius 1 is 0.342 bits per heavy atom. The summed E-state index contributed by atoms with van der Waals surface area (Å²) in [5, 5.41) is -2.74. The van der Waals surface area contributed by atoms with E-state index in [0.29, 0.717) is 0 Å². The molecule has 0 saturated heterocycles. The van der Waals surface area contributed by atoms with E-state index in [1.54, 1.807) is 24.3 Å². The van der Waals surface area contributed by atoms with Gasteiger partial charge >= 0.3 is 61.6 Å². The van der Waals surface area contributed by atoms with Crippen molar-refractivity contribution in [2.75, 3.05) is 26.4 Å². The number of ether oxygens (including phenoxy) is 4. The van der Waals surface area contributed by atoms with Gasteiger partial charge in [-0.05, 0) is 51.0 Å². The van der Waals surface area contributed by atoms with Crippen LogP contribution in [-0.2, 0) is 39.2 Å². The number of rotatable bonds is 48. The molecule has 0 aliphatic rings. The molecule has 0 saturated carbocycles. The van der Waals surface area contributed by atoms with E-state index >= 15 is 0 Å². The topological polar surface area (TPSA) is 220 Å². The Hall–Kier alpha value is -2.60. The van der Waals surface area contributed by atoms with Gasteiger partial charge in [-0.1, -0.05) is 256 Å². The van der Waals surface area contributed by atoms with Crippen molar-refractivity contribution in [3.8, 4) is 0 Å². The van der Waals surface area contributed by atoms with Gasteiger partial charge in [0.1, 0.15) is 33.5 Å². The van der Waals surface area contributed by atoms with Gasteiger partial charge in [0.15, 0.2) is 0 Å². The second-order valence-electron chi connectivity index (χ2n) is 21.2. The van der Waals surface area contributed by atoms with Gasteiger partial charge in [0.2, 0.25) is 0 Å². The van der Waals surface area contributed by atoms with Crippen molar-refractivity contribution < 1.29 is 64.1 Å². The normalized spacial score (nSPS) is 12.1. The van der Waals surface area contributed by atoms with E-state index in [1.165, 1.54) is 217 Å². The molecule has 0 N–H and O–H groups in total. The van der Waals surface area contributed by atoms with Gasteiger partial charge in [-0.2, -0.15) is 0 Å². The van der Waals surface area contributed by atoms with Gasteiger partial charge in [-0.25, -0.2) is 36.0 Å². The fourth-order valence-corrected chi connectivity index (χ4v) is 9.35. The average Bonchev–Trinajstić information content (AvgIpc) is 3.42. The van der Waals surface area contributed by atoms with Gasteiger partial charge in [-0.3, -0.25) is 0 Å². The molecule has 0 amide bonds. The van der Waals surface area contributed by atoms with Crippen LogP contribution in [0.1, 0.15) is 300 Å². The summed E-state index contributed by atoms with van der Waals surface area (Å²) in [5.74, 6) is -2.99. The maximum Gasteiger partial charge on any atom is 2.00 e. The number of carbonyl (C=O) groups is 4. The standard InChI is InChI=1S/2C31H52O7S.Ca/c2*1-3-4-5-6-7-8-9-10-11-12-13-14-15-16-17-18-19-22-25-37-30(32)28-23-20-21-24-29(28)31(33)38-26-27(2)39(34,35)36;/h2*20-21,23-24,27H,3-19,22,25-26H2,1-2H3,(H,34,35,36);/q;;+2/p-2. The SMILES string of the molecule is CCCCCCCCCCCCCCCCCCCCOC(=O)c1ccccc1C(=O)OCC(C)S(=O)(=O)[O-].CCCCCCCCCCCCCCCCCCCCOC(=O)c1ccccc1C(=O)OCC(C)S(=O)(=O)[O-].[Ca+2]. The predicted molar refractivity (Wildman–Crippen MR) is 316 cm³/mol. The Kier molecular flexibility index (Phi) is 48.3. The van der Waals surface area contributed by atoms with E-state index in [9.17, 15) is 45.1 Å². The van der Waals surface area contributed by atoms with Crippen molar-refractivity contribution in [3.63, 3.8) is 0 Å². The zero-order valence-electron chi connectivity index (χ0n) is 49.3. The average molecular weight is 1180 g/mol. The van der Waals surface area contributed by atoms with Crippen LogP contribution >= 0.6 is 0 Å². The van der Waals surface area contributed by atoms with Crippen LogP contribution in [0.25, 0.3) is 0 Å². The number of benzene rings is 2. The summed E-state index contributed by atoms with van der Waals surface area (Å²) in [4.78, 5) is 49.6. The molecule has 2 aromatic carbocycles. The van der Waals surface area contributed by atoms with Crippen LogP contribution in [0, 0.1) is 0 Å². The van der Waals surface area contributed by atoms with Crippen LogP contribution in [0.2, 0.25) is 0 Å². The van der Waals surface area contributed by atoms with Crippen molar-refractivity contribution >= 4 is 81.9 Å². The molecule has 0 radical (unpaired) electrons. The molecule has 0 aromatic heterocycles. The summed E-state index contributed by atoms with van der Waals surface area (Å²) >= 11 is 0. The van der Waals surface area contributed by atoms with Gasteiger partial charge in [0.05, 0.1) is 46.0 Å². The zero-order chi connectivity index (χ0) is 57.5. The second kappa shape index (κ2) is 50.0. The van der Waals surface area contributed by atoms with Crippen molar-refractivity contribution in [3.05, 3.63) is 70.8 Å². The number of esters is 4. The Morgan fingerprint density at radius 3 is 0.709 bits per heavy atom. The molecule has 17 heteroatoms. The summed E-state index contributed by atoms with van der Waals surface area (Å²) in [6, 6.07) is 12.1. The van der Waals surface area contributed by atoms with E-state index < -0.39 is 67.8 Å². The number of carbonyl (C=O) groups excluding carboxylic acids is 4. The number of hydrogen-bond donors (Lipinski definition) is 0. The zero-order valence-corrected chi connectivity index (χ0v) is 53.1. The molecule has 2 aromatic rings. The molecule has 0 spiro atoms. The van der Waals surface area contributed by atoms with Gasteiger partial charge in [0, 0.05) is 0 Å². The molecule has 0 fully saturated rings. The summed E-state index contributed by atoms with van der Waals surface area (Å²) < 4.78 is 86.4. The van der Waals surface area contributed by atoms with E-state index in [-0.39, 0.29) is 73.2 Å². The van der Waals surface area contributed by atoms with Crippen molar-refractivity contribution in [1.82, 2.24) is 0 Å². The fraction of sp³-hybridized carbons (Fsp3) is 0.742. The molecule has 14 nitrogen and oxygen atoms in total. The van der Waals surface area contributed by atoms with Crippen LogP contribution < -0.4 is 0 Å². The third-order valence-electron chi connectivity index (χ3n) is 14.1. The minimum atomic E-state index is -4.56. The molecular formula is C62H102CaO14S2. The second-order valence-corrected chi connectivity index (χ2v) is 24.8. The molecule has 2 rings (SSSR count). The minimum Gasteiger partial charge on any atom is -0.748 e. The summed E-state index contributed by atoms with van der Waals surface area (Å²) in [6.07, 6.45) is 46.3. The van der Waals surface area contributed by atoms with Crippen LogP contribution in [0.4, 0.5) is 0 Å². The predicted octanol–water partition coefficient (Wildman–Crippen LogP) is 15.6. The van der Waals surface area contributed by atoms with Crippen molar-refractivity contribution in [1.29, 1.82) is 0 Å². The van der Waals surface area contributed by atoms with Gasteiger partial charge in [0.25, 0.3) is 0 Å². The first kappa shape index (κ1) is 76.4. The molecule has 0 aliphatic carbocycles. The Bertz CT molecular complexity index is 1950. The first-order valence-corrected chi connectivity index (χ1v) is 33.2. The third kappa shape index (κ3) is 41.1. The van der Waals surface area contributed by atoms with Gasteiger partial charge in [-0.15, -0.1) is 0 Å². The van der Waals surface area contributed by atoms with Crippen LogP contribution in [0.5, 0.6) is 0 Å². The van der Waals surface area contributed by atoms with E-state index in [1.807, 2.05) is 0 Å². The van der Waals surface area contributed by atoms with Crippen molar-refractivity contribution in [2.24, 2.45) is 0 Å². The number of unbranched alkanes of at least 4 members (excludes halogenated alkanes) is 34. The Labute approximate surface area is 508 Å². The summed E-state index contributed by atoms with van der Waals surface area (Å²) in [7, 11) is -9.12. The third-order valence-corrected chi connectivity index (χ3v) is 16.3. The van der Waals surface area contributed by atoms with Crippen LogP contribution in [0.3, 0.4) is 0 Å². The quantitative estimate of drug-likeness (QED) is 0.0198. The smallest absolute Gasteiger partial charge is 0.748 e. The minimum absolute atomic E-state index is 0. The van der Waals surface area contributed by atoms with Crippen LogP contribution in [0.15, 0.2) is 48.5 Å². The first-order chi connectivity index (χ1) is 37.5. The van der Waals surface area contributed by atoms with E-state index in [4.69, 9.17) is 18.9 Å². The molecule has 79 heavy (non-hydrogen) atoms. The molecule has 0 bridgehead atoms. The van der Waals surface area contributed by atoms with Crippen molar-refractivity contribution in [2.45, 2.75) is 269 Å². The molecule has 448 valence electrons. The molecular weight excluding hydrogens is 1070 g/mol. The maximum atomic E-state index is 12.5. The number of hydrogen-bond acceptors (Lipinski definition) is 14. The molecule has 0 aliphatic heterocycles. The van der Waals surface area contributed by atoms with Crippen LogP contribution in [-0.4, -0.2) is 124 Å². The maximum absolute atomic E-state index is 12.5. The van der Waals surface area contributed by atoms with Gasteiger partial charge < -0.3 is 28.1 Å². The Balaban J connectivity index is 0.00000152. The molecule has 2 atom stereocenters.